The Hall–Kier alpha value is -1.67. The van der Waals surface area contributed by atoms with Crippen molar-refractivity contribution in [2.75, 3.05) is 18.6 Å². The van der Waals surface area contributed by atoms with Gasteiger partial charge in [-0.25, -0.2) is 8.42 Å². The van der Waals surface area contributed by atoms with Crippen molar-refractivity contribution in [2.24, 2.45) is 5.73 Å². The van der Waals surface area contributed by atoms with Gasteiger partial charge in [-0.2, -0.15) is 0 Å². The van der Waals surface area contributed by atoms with E-state index in [0.717, 1.165) is 0 Å². The van der Waals surface area contributed by atoms with Gasteiger partial charge in [-0.3, -0.25) is 10.1 Å². The Bertz CT molecular complexity index is 643. The first-order valence-corrected chi connectivity index (χ1v) is 7.87. The molecule has 1 aromatic carbocycles. The second-order valence-electron chi connectivity index (χ2n) is 5.14. The molecule has 2 rings (SSSR count). The highest BCUT2D eigenvalue weighted by Crippen LogP contribution is 2.31. The summed E-state index contributed by atoms with van der Waals surface area (Å²) >= 11 is 0. The topological polar surface area (TPSA) is 113 Å². The van der Waals surface area contributed by atoms with Crippen molar-refractivity contribution in [1.29, 1.82) is 0 Å². The van der Waals surface area contributed by atoms with E-state index >= 15 is 0 Å². The zero-order chi connectivity index (χ0) is 15.0. The largest absolute Gasteiger partial charge is 0.490 e. The maximum Gasteiger partial charge on any atom is 0.311 e. The Balaban J connectivity index is 2.27. The minimum Gasteiger partial charge on any atom is -0.490 e. The van der Waals surface area contributed by atoms with Crippen LogP contribution in [0.1, 0.15) is 12.0 Å². The van der Waals surface area contributed by atoms with Gasteiger partial charge in [0, 0.05) is 11.6 Å². The molecule has 110 valence electrons. The first kappa shape index (κ1) is 14.7. The molecule has 1 aliphatic heterocycles. The molecule has 1 unspecified atom stereocenters. The van der Waals surface area contributed by atoms with Crippen molar-refractivity contribution < 1.29 is 18.1 Å². The van der Waals surface area contributed by atoms with Crippen LogP contribution in [0, 0.1) is 10.1 Å². The molecule has 0 saturated carbocycles. The van der Waals surface area contributed by atoms with E-state index in [9.17, 15) is 18.5 Å². The van der Waals surface area contributed by atoms with Crippen LogP contribution in [0.25, 0.3) is 0 Å². The Kier molecular flexibility index (Phi) is 3.70. The molecular weight excluding hydrogens is 284 g/mol. The molecule has 0 spiro atoms. The number of nitrogens with zero attached hydrogens (tertiary/aromatic N) is 1. The van der Waals surface area contributed by atoms with Gasteiger partial charge in [0.15, 0.2) is 15.6 Å². The van der Waals surface area contributed by atoms with Gasteiger partial charge in [0.2, 0.25) is 0 Å². The van der Waals surface area contributed by atoms with E-state index in [0.29, 0.717) is 12.0 Å². The van der Waals surface area contributed by atoms with Crippen molar-refractivity contribution >= 4 is 15.5 Å². The molecule has 1 aromatic rings. The van der Waals surface area contributed by atoms with Crippen LogP contribution in [0.15, 0.2) is 18.2 Å². The first-order valence-electron chi connectivity index (χ1n) is 6.05. The Morgan fingerprint density at radius 1 is 1.50 bits per heavy atom. The summed E-state index contributed by atoms with van der Waals surface area (Å²) in [4.78, 5) is 10.4. The number of sulfone groups is 1. The number of nitro benzene ring substituents is 1. The Morgan fingerprint density at radius 2 is 2.20 bits per heavy atom. The van der Waals surface area contributed by atoms with E-state index in [1.807, 2.05) is 0 Å². The van der Waals surface area contributed by atoms with Crippen LogP contribution in [0.3, 0.4) is 0 Å². The summed E-state index contributed by atoms with van der Waals surface area (Å²) in [5.74, 6) is 0.158. The fourth-order valence-corrected chi connectivity index (χ4v) is 4.46. The summed E-state index contributed by atoms with van der Waals surface area (Å²) in [5.41, 5.74) is 5.73. The second kappa shape index (κ2) is 5.02. The van der Waals surface area contributed by atoms with Crippen LogP contribution in [0.4, 0.5) is 5.69 Å². The molecule has 20 heavy (non-hydrogen) atoms. The second-order valence-corrected chi connectivity index (χ2v) is 7.33. The Morgan fingerprint density at radius 3 is 2.70 bits per heavy atom. The predicted molar refractivity (Wildman–Crippen MR) is 73.5 cm³/mol. The van der Waals surface area contributed by atoms with E-state index in [-0.39, 0.29) is 29.4 Å². The molecule has 1 aliphatic rings. The molecule has 8 heteroatoms. The molecule has 0 aromatic heterocycles. The van der Waals surface area contributed by atoms with Gasteiger partial charge in [0.1, 0.15) is 0 Å². The molecule has 0 aliphatic carbocycles. The van der Waals surface area contributed by atoms with Crippen LogP contribution in [-0.4, -0.2) is 37.5 Å². The fraction of sp³-hybridized carbons (Fsp3) is 0.500. The van der Waals surface area contributed by atoms with Gasteiger partial charge in [-0.05, 0) is 24.5 Å². The molecule has 1 fully saturated rings. The lowest BCUT2D eigenvalue weighted by Crippen LogP contribution is -2.43. The minimum absolute atomic E-state index is 0.0712. The summed E-state index contributed by atoms with van der Waals surface area (Å²) in [5, 5.41) is 11.0. The van der Waals surface area contributed by atoms with Crippen molar-refractivity contribution in [1.82, 2.24) is 0 Å². The van der Waals surface area contributed by atoms with Crippen molar-refractivity contribution in [3.63, 3.8) is 0 Å². The van der Waals surface area contributed by atoms with Crippen molar-refractivity contribution in [3.05, 3.63) is 33.9 Å². The summed E-state index contributed by atoms with van der Waals surface area (Å²) in [7, 11) is -1.74. The zero-order valence-corrected chi connectivity index (χ0v) is 11.9. The monoisotopic (exact) mass is 300 g/mol. The highest BCUT2D eigenvalue weighted by molar-refractivity contribution is 7.91. The van der Waals surface area contributed by atoms with Gasteiger partial charge in [-0.15, -0.1) is 0 Å². The Labute approximate surface area is 116 Å². The van der Waals surface area contributed by atoms with E-state index in [2.05, 4.69) is 0 Å². The number of nitro groups is 1. The first-order chi connectivity index (χ1) is 9.25. The van der Waals surface area contributed by atoms with Crippen molar-refractivity contribution in [2.45, 2.75) is 18.4 Å². The number of methoxy groups -OCH3 is 1. The average Bonchev–Trinajstić information content (AvgIpc) is 2.63. The normalized spacial score (nSPS) is 24.5. The number of nitrogens with two attached hydrogens (primary N) is 1. The summed E-state index contributed by atoms with van der Waals surface area (Å²) in [6.07, 6.45) is 0.659. The van der Waals surface area contributed by atoms with Crippen LogP contribution in [-0.2, 0) is 16.3 Å². The predicted octanol–water partition coefficient (Wildman–Crippen LogP) is 0.662. The van der Waals surface area contributed by atoms with Crippen molar-refractivity contribution in [3.8, 4) is 5.75 Å². The lowest BCUT2D eigenvalue weighted by atomic mass is 9.91. The van der Waals surface area contributed by atoms with Crippen LogP contribution in [0.5, 0.6) is 5.75 Å². The molecule has 1 atom stereocenters. The summed E-state index contributed by atoms with van der Waals surface area (Å²) < 4.78 is 27.9. The lowest BCUT2D eigenvalue weighted by Gasteiger charge is -2.22. The fourth-order valence-electron chi connectivity index (χ4n) is 2.48. The maximum absolute atomic E-state index is 11.5. The molecule has 0 radical (unpaired) electrons. The number of hydrogen-bond donors (Lipinski definition) is 1. The molecule has 1 saturated heterocycles. The third-order valence-electron chi connectivity index (χ3n) is 3.41. The lowest BCUT2D eigenvalue weighted by molar-refractivity contribution is -0.385. The molecule has 2 N–H and O–H groups in total. The standard InChI is InChI=1S/C12H16N2O5S/c1-19-11-3-2-9(6-10(11)14(15)16)7-12(13)4-5-20(17,18)8-12/h2-3,6H,4-5,7-8,13H2,1H3. The van der Waals surface area contributed by atoms with Gasteiger partial charge >= 0.3 is 5.69 Å². The van der Waals surface area contributed by atoms with E-state index in [1.54, 1.807) is 6.07 Å². The molecule has 0 bridgehead atoms. The molecule has 0 amide bonds. The average molecular weight is 300 g/mol. The highest BCUT2D eigenvalue weighted by Gasteiger charge is 2.39. The zero-order valence-electron chi connectivity index (χ0n) is 11.0. The van der Waals surface area contributed by atoms with E-state index < -0.39 is 20.3 Å². The number of benzene rings is 1. The van der Waals surface area contributed by atoms with E-state index in [1.165, 1.54) is 19.2 Å². The molecular formula is C12H16N2O5S. The number of ether oxygens (including phenoxy) is 1. The number of rotatable bonds is 4. The quantitative estimate of drug-likeness (QED) is 0.645. The van der Waals surface area contributed by atoms with Crippen LogP contribution in [0.2, 0.25) is 0 Å². The van der Waals surface area contributed by atoms with E-state index in [4.69, 9.17) is 10.5 Å². The van der Waals surface area contributed by atoms with Gasteiger partial charge in [0.05, 0.1) is 23.5 Å². The third-order valence-corrected chi connectivity index (χ3v) is 5.26. The van der Waals surface area contributed by atoms with Crippen LogP contribution >= 0.6 is 0 Å². The smallest absolute Gasteiger partial charge is 0.311 e. The molecule has 7 nitrogen and oxygen atoms in total. The summed E-state index contributed by atoms with van der Waals surface area (Å²) in [6.45, 7) is 0. The minimum atomic E-state index is -3.10. The SMILES string of the molecule is COc1ccc(CC2(N)CCS(=O)(=O)C2)cc1[N+](=O)[O-]. The third kappa shape index (κ3) is 3.07. The van der Waals surface area contributed by atoms with Gasteiger partial charge in [-0.1, -0.05) is 6.07 Å². The summed E-state index contributed by atoms with van der Waals surface area (Å²) in [6, 6.07) is 4.56. The number of hydrogen-bond acceptors (Lipinski definition) is 6. The van der Waals surface area contributed by atoms with Crippen LogP contribution < -0.4 is 10.5 Å². The highest BCUT2D eigenvalue weighted by atomic mass is 32.2. The van der Waals surface area contributed by atoms with Gasteiger partial charge < -0.3 is 10.5 Å². The van der Waals surface area contributed by atoms with Gasteiger partial charge in [0.25, 0.3) is 0 Å². The molecule has 1 heterocycles. The maximum atomic E-state index is 11.5.